The van der Waals surface area contributed by atoms with Gasteiger partial charge in [0, 0.05) is 12.1 Å². The Hall–Kier alpha value is -0.873. The van der Waals surface area contributed by atoms with E-state index in [1.165, 1.54) is 6.07 Å². The van der Waals surface area contributed by atoms with Gasteiger partial charge in [-0.3, -0.25) is 14.7 Å². The molecule has 0 atom stereocenters. The minimum atomic E-state index is -4.36. The van der Waals surface area contributed by atoms with E-state index in [9.17, 15) is 18.5 Å². The topological polar surface area (TPSA) is 97.5 Å². The van der Waals surface area contributed by atoms with Crippen LogP contribution >= 0.6 is 0 Å². The summed E-state index contributed by atoms with van der Waals surface area (Å²) in [5.41, 5.74) is -0.380. The molecular weight excluding hydrogens is 205 g/mol. The first-order valence-electron chi connectivity index (χ1n) is 3.13. The third-order valence-corrected chi connectivity index (χ3v) is 2.18. The molecule has 0 aromatic heterocycles. The summed E-state index contributed by atoms with van der Waals surface area (Å²) in [5, 5.41) is 10.2. The predicted molar refractivity (Wildman–Crippen MR) is 50.1 cm³/mol. The Morgan fingerprint density at radius 1 is 1.36 bits per heavy atom. The average molecular weight is 211 g/mol. The minimum absolute atomic E-state index is 0. The molecular formula is C6H6LiNO5S. The van der Waals surface area contributed by atoms with Gasteiger partial charge in [-0.15, -0.1) is 0 Å². The number of nitrogens with zero attached hydrogens (tertiary/aromatic N) is 1. The third-order valence-electron chi connectivity index (χ3n) is 1.33. The van der Waals surface area contributed by atoms with E-state index in [-0.39, 0.29) is 24.5 Å². The van der Waals surface area contributed by atoms with Gasteiger partial charge in [0.25, 0.3) is 15.8 Å². The zero-order valence-electron chi connectivity index (χ0n) is 6.25. The fraction of sp³-hybridized carbons (Fsp3) is 0. The van der Waals surface area contributed by atoms with E-state index in [0.717, 1.165) is 18.2 Å². The van der Waals surface area contributed by atoms with E-state index >= 15 is 0 Å². The Kier molecular flexibility index (Phi) is 4.28. The molecule has 0 spiro atoms. The molecule has 0 heterocycles. The molecule has 0 radical (unpaired) electrons. The summed E-state index contributed by atoms with van der Waals surface area (Å²) < 4.78 is 29.6. The zero-order valence-corrected chi connectivity index (χ0v) is 7.06. The average Bonchev–Trinajstić information content (AvgIpc) is 2.03. The number of hydrogen-bond donors (Lipinski definition) is 1. The molecule has 0 amide bonds. The molecule has 1 N–H and O–H groups in total. The van der Waals surface area contributed by atoms with Gasteiger partial charge in [-0.05, 0) is 6.07 Å². The number of nitro benzene ring substituents is 1. The van der Waals surface area contributed by atoms with Crippen LogP contribution in [0.1, 0.15) is 0 Å². The maximum atomic E-state index is 10.5. The molecule has 0 fully saturated rings. The number of non-ortho nitro benzene ring substituents is 1. The summed E-state index contributed by atoms with van der Waals surface area (Å²) in [6, 6.07) is 4.17. The number of nitro groups is 1. The Balaban J connectivity index is 0.00000169. The van der Waals surface area contributed by atoms with Crippen molar-refractivity contribution in [1.82, 2.24) is 0 Å². The van der Waals surface area contributed by atoms with Crippen LogP contribution in [0.3, 0.4) is 0 Å². The maximum absolute atomic E-state index is 10.5. The van der Waals surface area contributed by atoms with Crippen molar-refractivity contribution >= 4 is 34.7 Å². The van der Waals surface area contributed by atoms with Crippen molar-refractivity contribution < 1.29 is 17.9 Å². The molecule has 0 saturated carbocycles. The quantitative estimate of drug-likeness (QED) is 0.326. The van der Waals surface area contributed by atoms with Crippen molar-refractivity contribution in [3.63, 3.8) is 0 Å². The fourth-order valence-electron chi connectivity index (χ4n) is 0.758. The summed E-state index contributed by atoms with van der Waals surface area (Å²) in [6.45, 7) is 0. The second-order valence-corrected chi connectivity index (χ2v) is 3.65. The van der Waals surface area contributed by atoms with Crippen LogP contribution in [-0.2, 0) is 10.1 Å². The molecule has 1 rings (SSSR count). The van der Waals surface area contributed by atoms with Crippen LogP contribution < -0.4 is 0 Å². The van der Waals surface area contributed by atoms with Crippen LogP contribution in [0.5, 0.6) is 0 Å². The van der Waals surface area contributed by atoms with Gasteiger partial charge < -0.3 is 0 Å². The molecule has 0 bridgehead atoms. The standard InChI is InChI=1S/C6H5NO5S.Li.H/c8-7(9)5-2-1-3-6(4-5)13(10,11)12;;/h1-4H,(H,10,11,12);;. The van der Waals surface area contributed by atoms with E-state index in [4.69, 9.17) is 4.55 Å². The van der Waals surface area contributed by atoms with Gasteiger partial charge in [0.1, 0.15) is 4.90 Å². The molecule has 0 unspecified atom stereocenters. The number of hydrogen-bond acceptors (Lipinski definition) is 4. The van der Waals surface area contributed by atoms with Crippen molar-refractivity contribution in [3.8, 4) is 0 Å². The van der Waals surface area contributed by atoms with Crippen LogP contribution in [0, 0.1) is 10.1 Å². The van der Waals surface area contributed by atoms with E-state index in [2.05, 4.69) is 0 Å². The Labute approximate surface area is 92.0 Å². The molecule has 8 heteroatoms. The molecule has 6 nitrogen and oxygen atoms in total. The molecule has 1 aromatic carbocycles. The third kappa shape index (κ3) is 3.12. The normalized spacial score (nSPS) is 10.4. The Morgan fingerprint density at radius 2 is 1.93 bits per heavy atom. The van der Waals surface area contributed by atoms with Crippen molar-refractivity contribution in [2.24, 2.45) is 0 Å². The first-order chi connectivity index (χ1) is 5.91. The molecule has 0 aliphatic carbocycles. The van der Waals surface area contributed by atoms with Crippen molar-refractivity contribution in [2.45, 2.75) is 4.90 Å². The van der Waals surface area contributed by atoms with Gasteiger partial charge >= 0.3 is 18.9 Å². The molecule has 0 saturated heterocycles. The van der Waals surface area contributed by atoms with Gasteiger partial charge in [-0.25, -0.2) is 0 Å². The second kappa shape index (κ2) is 4.57. The first kappa shape index (κ1) is 13.1. The van der Waals surface area contributed by atoms with Crippen molar-refractivity contribution in [3.05, 3.63) is 34.4 Å². The van der Waals surface area contributed by atoms with Gasteiger partial charge in [0.2, 0.25) is 0 Å². The summed E-state index contributed by atoms with van der Waals surface area (Å²) >= 11 is 0. The summed E-state index contributed by atoms with van der Waals surface area (Å²) in [7, 11) is -4.36. The molecule has 14 heavy (non-hydrogen) atoms. The summed E-state index contributed by atoms with van der Waals surface area (Å²) in [4.78, 5) is 8.98. The number of benzene rings is 1. The zero-order chi connectivity index (χ0) is 10.1. The molecule has 72 valence electrons. The Morgan fingerprint density at radius 3 is 2.36 bits per heavy atom. The molecule has 0 aliphatic heterocycles. The van der Waals surface area contributed by atoms with Gasteiger partial charge in [-0.1, -0.05) is 6.07 Å². The SMILES string of the molecule is O=[N+]([O-])c1cccc(S(=O)(=O)O)c1.[LiH]. The summed E-state index contributed by atoms with van der Waals surface area (Å²) in [6.07, 6.45) is 0. The van der Waals surface area contributed by atoms with E-state index in [1.54, 1.807) is 0 Å². The van der Waals surface area contributed by atoms with Gasteiger partial charge in [0.05, 0.1) is 4.92 Å². The van der Waals surface area contributed by atoms with Crippen LogP contribution in [0.4, 0.5) is 5.69 Å². The number of rotatable bonds is 2. The fourth-order valence-corrected chi connectivity index (χ4v) is 1.28. The van der Waals surface area contributed by atoms with Crippen LogP contribution in [-0.4, -0.2) is 36.8 Å². The molecule has 0 aliphatic rings. The van der Waals surface area contributed by atoms with Crippen LogP contribution in [0.25, 0.3) is 0 Å². The van der Waals surface area contributed by atoms with Crippen molar-refractivity contribution in [1.29, 1.82) is 0 Å². The Bertz CT molecular complexity index is 443. The van der Waals surface area contributed by atoms with Crippen LogP contribution in [0.15, 0.2) is 29.2 Å². The summed E-state index contributed by atoms with van der Waals surface area (Å²) in [5.74, 6) is 0. The van der Waals surface area contributed by atoms with E-state index in [1.807, 2.05) is 0 Å². The van der Waals surface area contributed by atoms with Gasteiger partial charge in [-0.2, -0.15) is 8.42 Å². The first-order valence-corrected chi connectivity index (χ1v) is 4.57. The monoisotopic (exact) mass is 211 g/mol. The van der Waals surface area contributed by atoms with Crippen molar-refractivity contribution in [2.75, 3.05) is 0 Å². The van der Waals surface area contributed by atoms with E-state index < -0.39 is 19.9 Å². The molecule has 1 aromatic rings. The van der Waals surface area contributed by atoms with Gasteiger partial charge in [0.15, 0.2) is 0 Å². The van der Waals surface area contributed by atoms with Crippen LogP contribution in [0.2, 0.25) is 0 Å². The van der Waals surface area contributed by atoms with E-state index in [0.29, 0.717) is 0 Å². The second-order valence-electron chi connectivity index (χ2n) is 2.23. The predicted octanol–water partition coefficient (Wildman–Crippen LogP) is 0.193.